The summed E-state index contributed by atoms with van der Waals surface area (Å²) in [5, 5.41) is 0.0462. The molecule has 3 rings (SSSR count). The number of hydrogen-bond acceptors (Lipinski definition) is 4. The number of aromatic nitrogens is 1. The van der Waals surface area contributed by atoms with E-state index in [1.807, 2.05) is 31.4 Å². The van der Waals surface area contributed by atoms with E-state index in [1.54, 1.807) is 18.2 Å². The van der Waals surface area contributed by atoms with E-state index >= 15 is 0 Å². The molecule has 0 saturated carbocycles. The zero-order valence-electron chi connectivity index (χ0n) is 20.9. The van der Waals surface area contributed by atoms with Crippen LogP contribution in [0, 0.1) is 5.82 Å². The molecule has 1 saturated heterocycles. The van der Waals surface area contributed by atoms with Crippen molar-refractivity contribution in [1.82, 2.24) is 4.98 Å². The largest absolute Gasteiger partial charge is 0.432 e. The zero-order chi connectivity index (χ0) is 24.8. The summed E-state index contributed by atoms with van der Waals surface area (Å²) in [5.74, 6) is -0.151. The fraction of sp³-hybridized carbons (Fsp3) is 0.593. The first kappa shape index (κ1) is 27.3. The Morgan fingerprint density at radius 1 is 1.24 bits per heavy atom. The minimum Gasteiger partial charge on any atom is -0.432 e. The molecule has 34 heavy (non-hydrogen) atoms. The molecule has 1 aliphatic rings. The third-order valence-corrected chi connectivity index (χ3v) is 11.2. The van der Waals surface area contributed by atoms with Gasteiger partial charge in [-0.2, -0.15) is 0 Å². The van der Waals surface area contributed by atoms with Crippen molar-refractivity contribution < 1.29 is 18.7 Å². The third-order valence-electron chi connectivity index (χ3n) is 7.37. The summed E-state index contributed by atoms with van der Waals surface area (Å²) in [6.45, 7) is 9.74. The number of benzene rings is 1. The number of nitrogens with zero attached hydrogens (tertiary/aromatic N) is 1. The van der Waals surface area contributed by atoms with Crippen LogP contribution in [0.25, 0.3) is 0 Å². The monoisotopic (exact) mass is 507 g/mol. The Labute approximate surface area is 210 Å². The van der Waals surface area contributed by atoms with Crippen LogP contribution in [0.4, 0.5) is 4.39 Å². The van der Waals surface area contributed by atoms with Crippen molar-refractivity contribution in [2.24, 2.45) is 0 Å². The highest BCUT2D eigenvalue weighted by Crippen LogP contribution is 2.42. The van der Waals surface area contributed by atoms with Crippen molar-refractivity contribution in [2.75, 3.05) is 13.2 Å². The summed E-state index contributed by atoms with van der Waals surface area (Å²) in [6, 6.07) is 9.16. The lowest BCUT2D eigenvalue weighted by molar-refractivity contribution is -0.163. The number of halogens is 2. The maximum Gasteiger partial charge on any atom is 0.188 e. The average Bonchev–Trinajstić information content (AvgIpc) is 2.80. The Balaban J connectivity index is 1.68. The lowest BCUT2D eigenvalue weighted by Crippen LogP contribution is -2.39. The number of ether oxygens (including phenoxy) is 2. The minimum atomic E-state index is -2.29. The van der Waals surface area contributed by atoms with Crippen LogP contribution in [0.5, 0.6) is 0 Å². The average molecular weight is 508 g/mol. The molecule has 188 valence electrons. The second kappa shape index (κ2) is 12.1. The standard InChI is InChI=1S/C27H39ClFNO3Si/c1-27(2,34(3,4)31)15-13-21(14-17-33-25-10-5-6-16-32-25)24-12-11-20(19-30-24)18-22-8-7-9-23(28)26(22)29/h7-9,11-12,19,21,25,31H,5-6,10,13-18H2,1-4H3. The van der Waals surface area contributed by atoms with Crippen molar-refractivity contribution >= 4 is 19.9 Å². The van der Waals surface area contributed by atoms with E-state index in [4.69, 9.17) is 26.1 Å². The van der Waals surface area contributed by atoms with Crippen molar-refractivity contribution in [2.45, 2.75) is 89.1 Å². The SMILES string of the molecule is CC(C)(CCC(CCOC1CCCCO1)c1ccc(Cc2cccc(Cl)c2F)cn1)[Si](C)(C)O. The van der Waals surface area contributed by atoms with Crippen LogP contribution in [0.15, 0.2) is 36.5 Å². The molecule has 1 N–H and O–H groups in total. The van der Waals surface area contributed by atoms with Gasteiger partial charge >= 0.3 is 0 Å². The maximum absolute atomic E-state index is 14.3. The second-order valence-electron chi connectivity index (χ2n) is 10.6. The van der Waals surface area contributed by atoms with Crippen molar-refractivity contribution in [1.29, 1.82) is 0 Å². The van der Waals surface area contributed by atoms with Crippen LogP contribution >= 0.6 is 11.6 Å². The minimum absolute atomic E-state index is 0.0946. The molecule has 2 atom stereocenters. The molecule has 4 nitrogen and oxygen atoms in total. The lowest BCUT2D eigenvalue weighted by Gasteiger charge is -2.36. The highest BCUT2D eigenvalue weighted by molar-refractivity contribution is 6.72. The molecule has 2 heterocycles. The van der Waals surface area contributed by atoms with Gasteiger partial charge in [-0.25, -0.2) is 4.39 Å². The van der Waals surface area contributed by atoms with Crippen LogP contribution in [0.2, 0.25) is 23.2 Å². The molecule has 1 aromatic carbocycles. The molecule has 0 bridgehead atoms. The fourth-order valence-corrected chi connectivity index (χ4v) is 5.10. The van der Waals surface area contributed by atoms with Gasteiger partial charge in [-0.3, -0.25) is 4.98 Å². The van der Waals surface area contributed by atoms with Crippen molar-refractivity contribution in [3.63, 3.8) is 0 Å². The van der Waals surface area contributed by atoms with E-state index in [9.17, 15) is 9.19 Å². The van der Waals surface area contributed by atoms with Gasteiger partial charge in [0.2, 0.25) is 0 Å². The first-order valence-electron chi connectivity index (χ1n) is 12.4. The van der Waals surface area contributed by atoms with Crippen molar-refractivity contribution in [3.05, 3.63) is 64.2 Å². The molecule has 1 aliphatic heterocycles. The van der Waals surface area contributed by atoms with Crippen LogP contribution in [0.1, 0.15) is 75.1 Å². The van der Waals surface area contributed by atoms with E-state index < -0.39 is 8.32 Å². The van der Waals surface area contributed by atoms with Crippen LogP contribution < -0.4 is 0 Å². The van der Waals surface area contributed by atoms with E-state index in [1.165, 1.54) is 0 Å². The predicted molar refractivity (Wildman–Crippen MR) is 138 cm³/mol. The number of rotatable bonds is 11. The normalized spacial score (nSPS) is 18.1. The van der Waals surface area contributed by atoms with Gasteiger partial charge < -0.3 is 14.3 Å². The number of hydrogen-bond donors (Lipinski definition) is 1. The van der Waals surface area contributed by atoms with Gasteiger partial charge in [-0.15, -0.1) is 0 Å². The summed E-state index contributed by atoms with van der Waals surface area (Å²) in [4.78, 5) is 15.5. The molecule has 0 spiro atoms. The molecule has 2 unspecified atom stereocenters. The topological polar surface area (TPSA) is 51.6 Å². The smallest absolute Gasteiger partial charge is 0.188 e. The summed E-state index contributed by atoms with van der Waals surface area (Å²) in [6.07, 6.45) is 8.08. The molecular weight excluding hydrogens is 469 g/mol. The van der Waals surface area contributed by atoms with Gasteiger partial charge in [0.1, 0.15) is 5.82 Å². The Bertz CT molecular complexity index is 911. The van der Waals surface area contributed by atoms with Gasteiger partial charge in [-0.1, -0.05) is 43.6 Å². The molecule has 1 aromatic heterocycles. The Morgan fingerprint density at radius 3 is 2.68 bits per heavy atom. The van der Waals surface area contributed by atoms with Crippen LogP contribution in [-0.2, 0) is 15.9 Å². The van der Waals surface area contributed by atoms with Gasteiger partial charge in [0.05, 0.1) is 11.6 Å². The van der Waals surface area contributed by atoms with Gasteiger partial charge in [-0.05, 0) is 79.9 Å². The molecule has 7 heteroatoms. The molecule has 0 amide bonds. The quantitative estimate of drug-likeness (QED) is 0.326. The Kier molecular flexibility index (Phi) is 9.70. The lowest BCUT2D eigenvalue weighted by atomic mass is 9.91. The molecule has 0 aliphatic carbocycles. The van der Waals surface area contributed by atoms with Gasteiger partial charge in [0, 0.05) is 30.8 Å². The summed E-state index contributed by atoms with van der Waals surface area (Å²) in [7, 11) is -2.29. The molecular formula is C27H39ClFNO3Si. The van der Waals surface area contributed by atoms with Gasteiger partial charge in [0.25, 0.3) is 0 Å². The summed E-state index contributed by atoms with van der Waals surface area (Å²) < 4.78 is 26.0. The van der Waals surface area contributed by atoms with Gasteiger partial charge in [0.15, 0.2) is 14.6 Å². The second-order valence-corrected chi connectivity index (χ2v) is 15.5. The number of pyridine rings is 1. The van der Waals surface area contributed by atoms with Crippen molar-refractivity contribution in [3.8, 4) is 0 Å². The first-order valence-corrected chi connectivity index (χ1v) is 15.7. The molecule has 2 aromatic rings. The summed E-state index contributed by atoms with van der Waals surface area (Å²) >= 11 is 5.93. The van der Waals surface area contributed by atoms with Crippen LogP contribution in [0.3, 0.4) is 0 Å². The third kappa shape index (κ3) is 7.59. The summed E-state index contributed by atoms with van der Waals surface area (Å²) in [5.41, 5.74) is 2.52. The Hall–Kier alpha value is -1.31. The zero-order valence-corrected chi connectivity index (χ0v) is 22.7. The highest BCUT2D eigenvalue weighted by Gasteiger charge is 2.38. The predicted octanol–water partition coefficient (Wildman–Crippen LogP) is 7.24. The highest BCUT2D eigenvalue weighted by atomic mass is 35.5. The van der Waals surface area contributed by atoms with E-state index in [0.717, 1.165) is 56.4 Å². The van der Waals surface area contributed by atoms with E-state index in [0.29, 0.717) is 18.6 Å². The van der Waals surface area contributed by atoms with Crippen LogP contribution in [-0.4, -0.2) is 37.6 Å². The van der Waals surface area contributed by atoms with E-state index in [-0.39, 0.29) is 28.1 Å². The fourth-order valence-electron chi connectivity index (χ4n) is 4.15. The maximum atomic E-state index is 14.3. The molecule has 0 radical (unpaired) electrons. The van der Waals surface area contributed by atoms with E-state index in [2.05, 4.69) is 13.8 Å². The molecule has 1 fully saturated rings. The first-order chi connectivity index (χ1) is 16.1. The Morgan fingerprint density at radius 2 is 2.03 bits per heavy atom.